The van der Waals surface area contributed by atoms with Crippen molar-refractivity contribution in [1.29, 1.82) is 0 Å². The van der Waals surface area contributed by atoms with E-state index in [4.69, 9.17) is 5.73 Å². The number of aromatic amines is 1. The summed E-state index contributed by atoms with van der Waals surface area (Å²) in [7, 11) is 1.21. The zero-order valence-electron chi connectivity index (χ0n) is 8.75. The van der Waals surface area contributed by atoms with Crippen LogP contribution in [-0.4, -0.2) is 37.8 Å². The Bertz CT molecular complexity index is 616. The third kappa shape index (κ3) is 1.85. The highest BCUT2D eigenvalue weighted by molar-refractivity contribution is 5.84. The van der Waals surface area contributed by atoms with Gasteiger partial charge in [-0.15, -0.1) is 5.10 Å². The van der Waals surface area contributed by atoms with Crippen molar-refractivity contribution >= 4 is 11.7 Å². The molecule has 0 aliphatic heterocycles. The molecule has 2 heterocycles. The van der Waals surface area contributed by atoms with Gasteiger partial charge < -0.3 is 15.5 Å². The van der Waals surface area contributed by atoms with Crippen LogP contribution in [0.2, 0.25) is 0 Å². The smallest absolute Gasteiger partial charge is 0.377 e. The summed E-state index contributed by atoms with van der Waals surface area (Å²) < 4.78 is 5.56. The Morgan fingerprint density at radius 2 is 2.29 bits per heavy atom. The van der Waals surface area contributed by atoms with Crippen molar-refractivity contribution in [2.75, 3.05) is 12.8 Å². The summed E-state index contributed by atoms with van der Waals surface area (Å²) in [5.41, 5.74) is 4.91. The molecule has 0 aromatic carbocycles. The van der Waals surface area contributed by atoms with Gasteiger partial charge >= 0.3 is 5.97 Å². The van der Waals surface area contributed by atoms with E-state index in [1.54, 1.807) is 0 Å². The minimum Gasteiger partial charge on any atom is -0.463 e. The molecule has 0 radical (unpaired) electrons. The largest absolute Gasteiger partial charge is 0.463 e. The number of carbonyl (C=O) groups is 1. The van der Waals surface area contributed by atoms with Gasteiger partial charge in [0.05, 0.1) is 13.4 Å². The van der Waals surface area contributed by atoms with E-state index < -0.39 is 11.5 Å². The first-order chi connectivity index (χ1) is 8.13. The van der Waals surface area contributed by atoms with Gasteiger partial charge in [0, 0.05) is 0 Å². The first-order valence-electron chi connectivity index (χ1n) is 4.47. The fourth-order valence-corrected chi connectivity index (χ4v) is 1.13. The zero-order valence-corrected chi connectivity index (χ0v) is 8.75. The third-order valence-electron chi connectivity index (χ3n) is 1.94. The van der Waals surface area contributed by atoms with Crippen LogP contribution in [0.4, 0.5) is 5.69 Å². The van der Waals surface area contributed by atoms with Gasteiger partial charge in [0.25, 0.3) is 11.4 Å². The van der Waals surface area contributed by atoms with E-state index in [0.717, 1.165) is 4.68 Å². The van der Waals surface area contributed by atoms with Crippen LogP contribution in [0.1, 0.15) is 10.6 Å². The molecule has 3 N–H and O–H groups in total. The molecule has 2 rings (SSSR count). The van der Waals surface area contributed by atoms with Crippen molar-refractivity contribution in [3.05, 3.63) is 28.8 Å². The minimum atomic E-state index is -0.688. The minimum absolute atomic E-state index is 0.0939. The van der Waals surface area contributed by atoms with E-state index in [2.05, 4.69) is 24.8 Å². The van der Waals surface area contributed by atoms with E-state index in [1.807, 2.05) is 0 Å². The van der Waals surface area contributed by atoms with Crippen LogP contribution in [0.3, 0.4) is 0 Å². The molecule has 0 atom stereocenters. The summed E-state index contributed by atoms with van der Waals surface area (Å²) in [5, 5.41) is 3.79. The van der Waals surface area contributed by atoms with E-state index in [1.165, 1.54) is 19.8 Å². The molecular formula is C8H8N6O3. The van der Waals surface area contributed by atoms with Crippen molar-refractivity contribution < 1.29 is 9.53 Å². The lowest BCUT2D eigenvalue weighted by Gasteiger charge is -2.00. The molecule has 9 heteroatoms. The second-order valence-corrected chi connectivity index (χ2v) is 2.97. The number of aromatic nitrogens is 5. The average molecular weight is 236 g/mol. The number of carbonyl (C=O) groups excluding carboxylic acids is 1. The van der Waals surface area contributed by atoms with Gasteiger partial charge in [0.2, 0.25) is 0 Å². The lowest BCUT2D eigenvalue weighted by atomic mass is 10.5. The van der Waals surface area contributed by atoms with Crippen LogP contribution in [0.25, 0.3) is 5.82 Å². The highest BCUT2D eigenvalue weighted by atomic mass is 16.5. The number of hydrogen-bond acceptors (Lipinski definition) is 7. The second-order valence-electron chi connectivity index (χ2n) is 2.97. The topological polar surface area (TPSA) is 129 Å². The predicted octanol–water partition coefficient (Wildman–Crippen LogP) is -1.28. The summed E-state index contributed by atoms with van der Waals surface area (Å²) in [6.45, 7) is 0. The van der Waals surface area contributed by atoms with Gasteiger partial charge in [-0.1, -0.05) is 0 Å². The van der Waals surface area contributed by atoms with E-state index in [-0.39, 0.29) is 17.3 Å². The summed E-state index contributed by atoms with van der Waals surface area (Å²) in [6, 6.07) is 0. The van der Waals surface area contributed by atoms with Crippen LogP contribution in [0, 0.1) is 0 Å². The number of rotatable bonds is 2. The maximum atomic E-state index is 11.2. The Labute approximate surface area is 94.3 Å². The number of ether oxygens (including phenoxy) is 1. The summed E-state index contributed by atoms with van der Waals surface area (Å²) in [6.07, 6.45) is 2.39. The van der Waals surface area contributed by atoms with E-state index in [9.17, 15) is 9.59 Å². The highest BCUT2D eigenvalue weighted by Crippen LogP contribution is 2.06. The van der Waals surface area contributed by atoms with Gasteiger partial charge in [0.15, 0.2) is 5.82 Å². The lowest BCUT2D eigenvalue weighted by Crippen LogP contribution is -2.17. The van der Waals surface area contributed by atoms with Crippen molar-refractivity contribution in [3.63, 3.8) is 0 Å². The Morgan fingerprint density at radius 1 is 1.53 bits per heavy atom. The molecule has 17 heavy (non-hydrogen) atoms. The van der Waals surface area contributed by atoms with Crippen molar-refractivity contribution in [1.82, 2.24) is 24.7 Å². The third-order valence-corrected chi connectivity index (χ3v) is 1.94. The maximum absolute atomic E-state index is 11.2. The molecule has 0 saturated heterocycles. The molecule has 0 unspecified atom stereocenters. The van der Waals surface area contributed by atoms with Gasteiger partial charge in [-0.25, -0.2) is 14.8 Å². The van der Waals surface area contributed by atoms with Gasteiger partial charge in [0.1, 0.15) is 12.0 Å². The molecule has 0 amide bonds. The average Bonchev–Trinajstić information content (AvgIpc) is 2.81. The fourth-order valence-electron chi connectivity index (χ4n) is 1.13. The molecule has 0 fully saturated rings. The number of nitrogens with two attached hydrogens (primary N) is 1. The fraction of sp³-hybridized carbons (Fsp3) is 0.125. The molecular weight excluding hydrogens is 228 g/mol. The summed E-state index contributed by atoms with van der Waals surface area (Å²) in [5.74, 6) is -0.738. The number of anilines is 1. The Balaban J connectivity index is 2.47. The van der Waals surface area contributed by atoms with Crippen molar-refractivity contribution in [2.24, 2.45) is 0 Å². The van der Waals surface area contributed by atoms with Gasteiger partial charge in [-0.2, -0.15) is 4.68 Å². The molecule has 0 saturated carbocycles. The van der Waals surface area contributed by atoms with Crippen LogP contribution in [0.5, 0.6) is 0 Å². The number of nitrogens with one attached hydrogen (secondary N) is 1. The van der Waals surface area contributed by atoms with E-state index >= 15 is 0 Å². The molecule has 0 aliphatic carbocycles. The normalized spacial score (nSPS) is 10.2. The number of methoxy groups -OCH3 is 1. The van der Waals surface area contributed by atoms with Crippen LogP contribution in [-0.2, 0) is 4.74 Å². The molecule has 0 bridgehead atoms. The van der Waals surface area contributed by atoms with Crippen molar-refractivity contribution in [3.8, 4) is 5.82 Å². The number of nitrogens with zero attached hydrogens (tertiary/aromatic N) is 4. The monoisotopic (exact) mass is 236 g/mol. The molecule has 2 aromatic rings. The SMILES string of the molecule is COC(=O)c1ncn(-c2nc[nH]c(=O)c2N)n1. The molecule has 2 aromatic heterocycles. The number of hydrogen-bond donors (Lipinski definition) is 2. The Hall–Kier alpha value is -2.71. The Morgan fingerprint density at radius 3 is 3.00 bits per heavy atom. The summed E-state index contributed by atoms with van der Waals surface area (Å²) >= 11 is 0. The first-order valence-corrected chi connectivity index (χ1v) is 4.47. The standard InChI is InChI=1S/C8H8N6O3/c1-17-8(16)5-12-3-14(13-5)6-4(9)7(15)11-2-10-6/h2-3H,9H2,1H3,(H,10,11,15). The lowest BCUT2D eigenvalue weighted by molar-refractivity contribution is 0.0587. The second kappa shape index (κ2) is 4.04. The van der Waals surface area contributed by atoms with Crippen LogP contribution in [0.15, 0.2) is 17.4 Å². The number of esters is 1. The van der Waals surface area contributed by atoms with Gasteiger partial charge in [-0.05, 0) is 0 Å². The van der Waals surface area contributed by atoms with Crippen LogP contribution < -0.4 is 11.3 Å². The van der Waals surface area contributed by atoms with Crippen molar-refractivity contribution in [2.45, 2.75) is 0 Å². The van der Waals surface area contributed by atoms with E-state index in [0.29, 0.717) is 0 Å². The summed E-state index contributed by atoms with van der Waals surface area (Å²) in [4.78, 5) is 32.2. The zero-order chi connectivity index (χ0) is 12.4. The van der Waals surface area contributed by atoms with Crippen LogP contribution >= 0.6 is 0 Å². The first kappa shape index (κ1) is 10.8. The highest BCUT2D eigenvalue weighted by Gasteiger charge is 2.14. The predicted molar refractivity (Wildman–Crippen MR) is 55.5 cm³/mol. The molecule has 0 aliphatic rings. The molecule has 9 nitrogen and oxygen atoms in total. The quantitative estimate of drug-likeness (QED) is 0.621. The molecule has 88 valence electrons. The van der Waals surface area contributed by atoms with Gasteiger partial charge in [-0.3, -0.25) is 4.79 Å². The number of H-pyrrole nitrogens is 1. The molecule has 0 spiro atoms. The number of nitrogen functional groups attached to an aromatic ring is 1. The Kier molecular flexibility index (Phi) is 2.57. The maximum Gasteiger partial charge on any atom is 0.377 e.